The maximum absolute atomic E-state index is 12.7. The number of benzene rings is 1. The molecule has 0 saturated carbocycles. The minimum Gasteiger partial charge on any atom is -0.507 e. The van der Waals surface area contributed by atoms with Gasteiger partial charge in [-0.15, -0.1) is 22.7 Å². The van der Waals surface area contributed by atoms with Crippen LogP contribution in [0.1, 0.15) is 86.9 Å². The maximum atomic E-state index is 12.7. The van der Waals surface area contributed by atoms with Crippen molar-refractivity contribution in [1.29, 1.82) is 0 Å². The summed E-state index contributed by atoms with van der Waals surface area (Å²) in [6, 6.07) is 6.28. The van der Waals surface area contributed by atoms with Crippen molar-refractivity contribution < 1.29 is 9.90 Å². The lowest BCUT2D eigenvalue weighted by atomic mass is 9.78. The molecular weight excluding hydrogens is 484 g/mol. The highest BCUT2D eigenvalue weighted by atomic mass is 32.1. The van der Waals surface area contributed by atoms with E-state index in [1.807, 2.05) is 11.0 Å². The van der Waals surface area contributed by atoms with Gasteiger partial charge in [0.05, 0.1) is 10.7 Å². The summed E-state index contributed by atoms with van der Waals surface area (Å²) in [7, 11) is 0. The van der Waals surface area contributed by atoms with Crippen molar-refractivity contribution in [3.05, 3.63) is 61.6 Å². The van der Waals surface area contributed by atoms with Crippen LogP contribution in [0.2, 0.25) is 0 Å². The number of nitrogens with zero attached hydrogens (tertiary/aromatic N) is 2. The van der Waals surface area contributed by atoms with Gasteiger partial charge in [0.15, 0.2) is 0 Å². The van der Waals surface area contributed by atoms with E-state index < -0.39 is 0 Å². The van der Waals surface area contributed by atoms with E-state index in [1.165, 1.54) is 5.56 Å². The molecule has 36 heavy (non-hydrogen) atoms. The van der Waals surface area contributed by atoms with E-state index in [4.69, 9.17) is 4.98 Å². The molecule has 192 valence electrons. The van der Waals surface area contributed by atoms with Crippen LogP contribution in [0.4, 0.5) is 0 Å². The number of thiazole rings is 1. The highest BCUT2D eigenvalue weighted by Gasteiger charge is 2.28. The number of rotatable bonds is 4. The molecule has 0 bridgehead atoms. The van der Waals surface area contributed by atoms with E-state index >= 15 is 0 Å². The van der Waals surface area contributed by atoms with Gasteiger partial charge in [-0.25, -0.2) is 4.98 Å². The molecular formula is C30H38N2O2S2. The third kappa shape index (κ3) is 5.76. The van der Waals surface area contributed by atoms with E-state index in [1.54, 1.807) is 28.7 Å². The number of phenols is 1. The van der Waals surface area contributed by atoms with Gasteiger partial charge >= 0.3 is 0 Å². The molecule has 0 aliphatic carbocycles. The van der Waals surface area contributed by atoms with Gasteiger partial charge in [0.2, 0.25) is 5.91 Å². The summed E-state index contributed by atoms with van der Waals surface area (Å²) in [5.41, 5.74) is 4.81. The number of carbonyl (C=O) groups excluding carboxylic acids is 1. The topological polar surface area (TPSA) is 53.4 Å². The van der Waals surface area contributed by atoms with Gasteiger partial charge in [-0.05, 0) is 65.8 Å². The first-order chi connectivity index (χ1) is 16.8. The first kappa shape index (κ1) is 26.6. The van der Waals surface area contributed by atoms with Crippen molar-refractivity contribution >= 4 is 34.7 Å². The van der Waals surface area contributed by atoms with Crippen LogP contribution >= 0.6 is 22.7 Å². The molecule has 1 amide bonds. The molecule has 1 aliphatic heterocycles. The fourth-order valence-electron chi connectivity index (χ4n) is 4.69. The molecule has 0 atom stereocenters. The highest BCUT2D eigenvalue weighted by molar-refractivity contribution is 7.11. The average Bonchev–Trinajstić information content (AvgIpc) is 3.45. The van der Waals surface area contributed by atoms with Gasteiger partial charge in [0.1, 0.15) is 5.75 Å². The summed E-state index contributed by atoms with van der Waals surface area (Å²) in [6.45, 7) is 16.4. The van der Waals surface area contributed by atoms with E-state index in [9.17, 15) is 9.90 Å². The van der Waals surface area contributed by atoms with Crippen LogP contribution in [0.15, 0.2) is 35.0 Å². The molecule has 4 nitrogen and oxygen atoms in total. The number of carbonyl (C=O) groups is 1. The molecule has 3 heterocycles. The van der Waals surface area contributed by atoms with Crippen molar-refractivity contribution in [3.8, 4) is 17.0 Å². The first-order valence-corrected chi connectivity index (χ1v) is 14.5. The Morgan fingerprint density at radius 1 is 1.06 bits per heavy atom. The molecule has 0 spiro atoms. The minimum absolute atomic E-state index is 0.0922. The number of phenolic OH excluding ortho intramolecular Hbond substituents is 1. The number of aromatic nitrogens is 1. The quantitative estimate of drug-likeness (QED) is 0.354. The third-order valence-corrected chi connectivity index (χ3v) is 8.97. The Balaban J connectivity index is 1.49. The van der Waals surface area contributed by atoms with Gasteiger partial charge in [-0.2, -0.15) is 0 Å². The van der Waals surface area contributed by atoms with Gasteiger partial charge in [-0.1, -0.05) is 41.5 Å². The van der Waals surface area contributed by atoms with Gasteiger partial charge in [0.25, 0.3) is 0 Å². The molecule has 1 N–H and O–H groups in total. The van der Waals surface area contributed by atoms with E-state index in [2.05, 4.69) is 77.4 Å². The zero-order chi connectivity index (χ0) is 26.3. The molecule has 0 unspecified atom stereocenters. The zero-order valence-electron chi connectivity index (χ0n) is 22.5. The SMILES string of the molecule is Cc1ccsc1/C=C/C(=O)N1CCC(c2nc(-c3cc(C(C)(C)C)c(O)c(C(C)(C)C)c3)cs2)CC1. The van der Waals surface area contributed by atoms with Crippen LogP contribution in [0, 0.1) is 6.92 Å². The van der Waals surface area contributed by atoms with Crippen molar-refractivity contribution in [2.45, 2.75) is 78.1 Å². The lowest BCUT2D eigenvalue weighted by Gasteiger charge is -2.30. The molecule has 1 saturated heterocycles. The minimum atomic E-state index is -0.172. The largest absolute Gasteiger partial charge is 0.507 e. The number of hydrogen-bond donors (Lipinski definition) is 1. The Hall–Kier alpha value is -2.44. The monoisotopic (exact) mass is 522 g/mol. The highest BCUT2D eigenvalue weighted by Crippen LogP contribution is 2.42. The van der Waals surface area contributed by atoms with Crippen molar-refractivity contribution in [1.82, 2.24) is 9.88 Å². The van der Waals surface area contributed by atoms with Crippen LogP contribution in [0.5, 0.6) is 5.75 Å². The van der Waals surface area contributed by atoms with Crippen LogP contribution in [-0.2, 0) is 15.6 Å². The predicted molar refractivity (Wildman–Crippen MR) is 153 cm³/mol. The third-order valence-electron chi connectivity index (χ3n) is 6.98. The Labute approximate surface area is 223 Å². The maximum Gasteiger partial charge on any atom is 0.246 e. The predicted octanol–water partition coefficient (Wildman–Crippen LogP) is 7.90. The number of aromatic hydroxyl groups is 1. The van der Waals surface area contributed by atoms with Crippen LogP contribution < -0.4 is 0 Å². The summed E-state index contributed by atoms with van der Waals surface area (Å²) < 4.78 is 0. The average molecular weight is 523 g/mol. The summed E-state index contributed by atoms with van der Waals surface area (Å²) in [5.74, 6) is 0.863. The zero-order valence-corrected chi connectivity index (χ0v) is 24.1. The Morgan fingerprint density at radius 3 is 2.19 bits per heavy atom. The van der Waals surface area contributed by atoms with Gasteiger partial charge in [0, 0.05) is 52.0 Å². The molecule has 1 aromatic carbocycles. The standard InChI is InChI=1S/C30H38N2O2S2/c1-19-12-15-35-25(19)8-9-26(33)32-13-10-20(11-14-32)28-31-24(18-36-28)21-16-22(29(2,3)4)27(34)23(17-21)30(5,6)7/h8-9,12,15-18,20,34H,10-11,13-14H2,1-7H3/b9-8+. The summed E-state index contributed by atoms with van der Waals surface area (Å²) in [6.07, 6.45) is 5.52. The Morgan fingerprint density at radius 2 is 1.67 bits per heavy atom. The summed E-state index contributed by atoms with van der Waals surface area (Å²) >= 11 is 3.37. The van der Waals surface area contributed by atoms with Crippen LogP contribution in [-0.4, -0.2) is 34.0 Å². The second-order valence-corrected chi connectivity index (χ2v) is 13.7. The van der Waals surface area contributed by atoms with E-state index in [0.717, 1.165) is 58.2 Å². The summed E-state index contributed by atoms with van der Waals surface area (Å²) in [4.78, 5) is 20.9. The fraction of sp³-hybridized carbons (Fsp3) is 0.467. The lowest BCUT2D eigenvalue weighted by Crippen LogP contribution is -2.36. The van der Waals surface area contributed by atoms with Gasteiger partial charge < -0.3 is 10.0 Å². The molecule has 3 aromatic rings. The molecule has 1 aliphatic rings. The van der Waals surface area contributed by atoms with Crippen molar-refractivity contribution in [2.75, 3.05) is 13.1 Å². The number of aryl methyl sites for hydroxylation is 1. The van der Waals surface area contributed by atoms with Crippen LogP contribution in [0.3, 0.4) is 0 Å². The molecule has 2 aromatic heterocycles. The van der Waals surface area contributed by atoms with E-state index in [-0.39, 0.29) is 16.7 Å². The first-order valence-electron chi connectivity index (χ1n) is 12.7. The van der Waals surface area contributed by atoms with Gasteiger partial charge in [-0.3, -0.25) is 4.79 Å². The number of piperidine rings is 1. The normalized spacial score (nSPS) is 15.7. The second kappa shape index (κ2) is 10.1. The number of likely N-dealkylation sites (tertiary alicyclic amines) is 1. The van der Waals surface area contributed by atoms with Crippen molar-refractivity contribution in [2.24, 2.45) is 0 Å². The smallest absolute Gasteiger partial charge is 0.246 e. The van der Waals surface area contributed by atoms with Crippen LogP contribution in [0.25, 0.3) is 17.3 Å². The molecule has 6 heteroatoms. The number of hydrogen-bond acceptors (Lipinski definition) is 5. The fourth-order valence-corrected chi connectivity index (χ4v) is 6.51. The lowest BCUT2D eigenvalue weighted by molar-refractivity contribution is -0.126. The summed E-state index contributed by atoms with van der Waals surface area (Å²) in [5, 5.41) is 16.4. The number of thiophene rings is 1. The Kier molecular flexibility index (Phi) is 7.50. The second-order valence-electron chi connectivity index (χ2n) is 11.9. The molecule has 0 radical (unpaired) electrons. The number of amides is 1. The molecule has 4 rings (SSSR count). The van der Waals surface area contributed by atoms with E-state index in [0.29, 0.717) is 11.7 Å². The van der Waals surface area contributed by atoms with Crippen molar-refractivity contribution in [3.63, 3.8) is 0 Å². The molecule has 1 fully saturated rings. The Bertz CT molecular complexity index is 1230.